The first-order valence-electron chi connectivity index (χ1n) is 13.3. The first-order valence-corrected chi connectivity index (χ1v) is 13.3. The molecule has 6 rings (SSSR count). The monoisotopic (exact) mass is 513 g/mol. The summed E-state index contributed by atoms with van der Waals surface area (Å²) in [4.78, 5) is 15.2. The molecule has 0 unspecified atom stereocenters. The van der Waals surface area contributed by atoms with Crippen LogP contribution in [0.3, 0.4) is 0 Å². The number of aryl methyl sites for hydroxylation is 1. The molecule has 2 aromatic heterocycles. The van der Waals surface area contributed by atoms with Gasteiger partial charge in [-0.05, 0) is 18.2 Å². The quantitative estimate of drug-likeness (QED) is 0.407. The van der Waals surface area contributed by atoms with Crippen LogP contribution in [0.25, 0.3) is 33.4 Å². The molecule has 198 valence electrons. The summed E-state index contributed by atoms with van der Waals surface area (Å²) in [5, 5.41) is 7.97. The Morgan fingerprint density at radius 1 is 0.711 bits per heavy atom. The van der Waals surface area contributed by atoms with E-state index in [-0.39, 0.29) is 0 Å². The number of anilines is 2. The maximum atomic E-state index is 5.89. The summed E-state index contributed by atoms with van der Waals surface area (Å²) in [5.41, 5.74) is 5.02. The predicted octanol–water partition coefficient (Wildman–Crippen LogP) is 3.14. The second-order valence-corrected chi connectivity index (χ2v) is 9.70. The minimum absolute atomic E-state index is 0.784. The highest BCUT2D eigenvalue weighted by molar-refractivity contribution is 6.10. The van der Waals surface area contributed by atoms with Crippen LogP contribution in [0.2, 0.25) is 0 Å². The summed E-state index contributed by atoms with van der Waals surface area (Å²) >= 11 is 0. The molecule has 0 radical (unpaired) electrons. The number of rotatable bonds is 6. The zero-order valence-corrected chi connectivity index (χ0v) is 22.3. The van der Waals surface area contributed by atoms with Crippen LogP contribution in [0.15, 0.2) is 48.5 Å². The molecule has 0 atom stereocenters. The SMILES string of the molecule is COc1ccccc1-c1c(-c2ccccc2OC)n(C)c2nc(N3CCNCC3)nc(N3CCNCC3)c12. The average Bonchev–Trinajstić information content (AvgIpc) is 3.29. The van der Waals surface area contributed by atoms with Crippen molar-refractivity contribution < 1.29 is 9.47 Å². The second kappa shape index (κ2) is 10.5. The highest BCUT2D eigenvalue weighted by Crippen LogP contribution is 2.48. The van der Waals surface area contributed by atoms with Crippen LogP contribution in [0.1, 0.15) is 0 Å². The number of nitrogens with zero attached hydrogens (tertiary/aromatic N) is 5. The third kappa shape index (κ3) is 4.21. The topological polar surface area (TPSA) is 79.7 Å². The van der Waals surface area contributed by atoms with E-state index in [4.69, 9.17) is 19.4 Å². The molecular formula is C29H35N7O2. The summed E-state index contributed by atoms with van der Waals surface area (Å²) in [7, 11) is 5.54. The minimum Gasteiger partial charge on any atom is -0.496 e. The number of piperazine rings is 2. The molecule has 2 aliphatic rings. The molecule has 0 spiro atoms. The fraction of sp³-hybridized carbons (Fsp3) is 0.379. The lowest BCUT2D eigenvalue weighted by Gasteiger charge is -2.32. The van der Waals surface area contributed by atoms with Gasteiger partial charge in [-0.15, -0.1) is 0 Å². The van der Waals surface area contributed by atoms with Gasteiger partial charge in [0.2, 0.25) is 5.95 Å². The maximum absolute atomic E-state index is 5.89. The first-order chi connectivity index (χ1) is 18.7. The number of fused-ring (bicyclic) bond motifs is 1. The van der Waals surface area contributed by atoms with E-state index in [1.807, 2.05) is 24.3 Å². The van der Waals surface area contributed by atoms with Crippen molar-refractivity contribution in [1.29, 1.82) is 0 Å². The van der Waals surface area contributed by atoms with Crippen LogP contribution in [0.5, 0.6) is 11.5 Å². The highest BCUT2D eigenvalue weighted by Gasteiger charge is 2.30. The Bertz CT molecular complexity index is 1440. The number of para-hydroxylation sites is 2. The Balaban J connectivity index is 1.72. The number of hydrogen-bond donors (Lipinski definition) is 2. The first kappa shape index (κ1) is 24.5. The fourth-order valence-corrected chi connectivity index (χ4v) is 5.67. The van der Waals surface area contributed by atoms with Gasteiger partial charge in [0.05, 0.1) is 25.3 Å². The zero-order valence-electron chi connectivity index (χ0n) is 22.3. The smallest absolute Gasteiger partial charge is 0.229 e. The van der Waals surface area contributed by atoms with Crippen molar-refractivity contribution in [2.75, 3.05) is 76.4 Å². The molecule has 0 saturated carbocycles. The molecule has 0 aliphatic carbocycles. The predicted molar refractivity (Wildman–Crippen MR) is 153 cm³/mol. The van der Waals surface area contributed by atoms with Crippen LogP contribution < -0.4 is 29.9 Å². The van der Waals surface area contributed by atoms with E-state index in [0.717, 1.165) is 109 Å². The van der Waals surface area contributed by atoms with Crippen molar-refractivity contribution in [3.05, 3.63) is 48.5 Å². The molecule has 4 heterocycles. The lowest BCUT2D eigenvalue weighted by Crippen LogP contribution is -2.45. The van der Waals surface area contributed by atoms with Crippen molar-refractivity contribution in [3.63, 3.8) is 0 Å². The molecule has 4 aromatic rings. The molecular weight excluding hydrogens is 478 g/mol. The van der Waals surface area contributed by atoms with Crippen molar-refractivity contribution in [2.24, 2.45) is 7.05 Å². The van der Waals surface area contributed by atoms with Gasteiger partial charge in [-0.1, -0.05) is 30.3 Å². The van der Waals surface area contributed by atoms with Crippen LogP contribution >= 0.6 is 0 Å². The molecule has 0 amide bonds. The third-order valence-electron chi connectivity index (χ3n) is 7.55. The van der Waals surface area contributed by atoms with Crippen LogP contribution in [-0.4, -0.2) is 81.1 Å². The van der Waals surface area contributed by atoms with Crippen molar-refractivity contribution in [1.82, 2.24) is 25.2 Å². The molecule has 2 N–H and O–H groups in total. The molecule has 9 heteroatoms. The second-order valence-electron chi connectivity index (χ2n) is 9.70. The van der Waals surface area contributed by atoms with Gasteiger partial charge in [0, 0.05) is 76.1 Å². The van der Waals surface area contributed by atoms with Crippen LogP contribution in [0.4, 0.5) is 11.8 Å². The average molecular weight is 514 g/mol. The van der Waals surface area contributed by atoms with E-state index in [1.165, 1.54) is 0 Å². The fourth-order valence-electron chi connectivity index (χ4n) is 5.67. The molecule has 2 saturated heterocycles. The van der Waals surface area contributed by atoms with Gasteiger partial charge < -0.3 is 34.5 Å². The minimum atomic E-state index is 0.784. The Morgan fingerprint density at radius 2 is 1.26 bits per heavy atom. The van der Waals surface area contributed by atoms with Crippen LogP contribution in [0, 0.1) is 0 Å². The number of hydrogen-bond acceptors (Lipinski definition) is 8. The molecule has 2 aliphatic heterocycles. The highest BCUT2D eigenvalue weighted by atomic mass is 16.5. The normalized spacial score (nSPS) is 16.2. The third-order valence-corrected chi connectivity index (χ3v) is 7.55. The van der Waals surface area contributed by atoms with E-state index < -0.39 is 0 Å². The Hall–Kier alpha value is -3.82. The Kier molecular flexibility index (Phi) is 6.78. The van der Waals surface area contributed by atoms with Crippen molar-refractivity contribution in [3.8, 4) is 33.9 Å². The largest absolute Gasteiger partial charge is 0.496 e. The Morgan fingerprint density at radius 3 is 1.89 bits per heavy atom. The molecule has 2 fully saturated rings. The molecule has 0 bridgehead atoms. The number of ether oxygens (including phenoxy) is 2. The summed E-state index contributed by atoms with van der Waals surface area (Å²) in [6.45, 7) is 7.24. The van der Waals surface area contributed by atoms with Crippen molar-refractivity contribution >= 4 is 22.8 Å². The van der Waals surface area contributed by atoms with E-state index >= 15 is 0 Å². The lowest BCUT2D eigenvalue weighted by molar-refractivity contribution is 0.415. The number of aromatic nitrogens is 3. The van der Waals surface area contributed by atoms with E-state index in [0.29, 0.717) is 0 Å². The van der Waals surface area contributed by atoms with Gasteiger partial charge >= 0.3 is 0 Å². The maximum Gasteiger partial charge on any atom is 0.229 e. The van der Waals surface area contributed by atoms with Gasteiger partial charge in [-0.2, -0.15) is 9.97 Å². The van der Waals surface area contributed by atoms with Gasteiger partial charge in [0.15, 0.2) is 0 Å². The molecule has 9 nitrogen and oxygen atoms in total. The van der Waals surface area contributed by atoms with Crippen molar-refractivity contribution in [2.45, 2.75) is 0 Å². The summed E-state index contributed by atoms with van der Waals surface area (Å²) in [6, 6.07) is 16.4. The van der Waals surface area contributed by atoms with Gasteiger partial charge in [-0.3, -0.25) is 0 Å². The molecule has 38 heavy (non-hydrogen) atoms. The standard InChI is InChI=1S/C29H35N7O2/c1-34-26(21-9-5-7-11-23(21)38-3)24(20-8-4-6-10-22(20)37-2)25-27(34)32-29(36-18-14-31-15-19-36)33-28(25)35-16-12-30-13-17-35/h4-11,30-31H,12-19H2,1-3H3. The van der Waals surface area contributed by atoms with Crippen LogP contribution in [-0.2, 0) is 7.05 Å². The lowest BCUT2D eigenvalue weighted by atomic mass is 9.97. The molecule has 2 aromatic carbocycles. The van der Waals surface area contributed by atoms with Gasteiger partial charge in [0.25, 0.3) is 0 Å². The zero-order chi connectivity index (χ0) is 26.1. The summed E-state index contributed by atoms with van der Waals surface area (Å²) in [6.07, 6.45) is 0. The van der Waals surface area contributed by atoms with Gasteiger partial charge in [0.1, 0.15) is 23.0 Å². The van der Waals surface area contributed by atoms with E-state index in [2.05, 4.69) is 56.3 Å². The van der Waals surface area contributed by atoms with E-state index in [1.54, 1.807) is 14.2 Å². The van der Waals surface area contributed by atoms with Gasteiger partial charge in [-0.25, -0.2) is 0 Å². The number of methoxy groups -OCH3 is 2. The summed E-state index contributed by atoms with van der Waals surface area (Å²) in [5.74, 6) is 3.39. The van der Waals surface area contributed by atoms with E-state index in [9.17, 15) is 0 Å². The number of nitrogens with one attached hydrogen (secondary N) is 2. The number of benzene rings is 2. The Labute approximate surface area is 223 Å². The summed E-state index contributed by atoms with van der Waals surface area (Å²) < 4.78 is 13.9.